The molecule has 4 heterocycles. The summed E-state index contributed by atoms with van der Waals surface area (Å²) in [4.78, 5) is 0. The zero-order valence-corrected chi connectivity index (χ0v) is 26.5. The lowest BCUT2D eigenvalue weighted by molar-refractivity contribution is 0.415. The Balaban J connectivity index is 0.000000145. The van der Waals surface area contributed by atoms with Crippen LogP contribution in [0.2, 0.25) is 5.02 Å². The molecule has 2 N–H and O–H groups in total. The smallest absolute Gasteiger partial charge is 0.126 e. The van der Waals surface area contributed by atoms with E-state index in [1.807, 2.05) is 12.1 Å². The van der Waals surface area contributed by atoms with E-state index >= 15 is 0 Å². The first-order chi connectivity index (χ1) is 22.0. The van der Waals surface area contributed by atoms with Crippen molar-refractivity contribution in [3.05, 3.63) is 124 Å². The highest BCUT2D eigenvalue weighted by atomic mass is 35.5. The van der Waals surface area contributed by atoms with E-state index in [1.54, 1.807) is 13.2 Å². The van der Waals surface area contributed by atoms with Crippen LogP contribution in [0.5, 0.6) is 5.75 Å². The van der Waals surface area contributed by atoms with Gasteiger partial charge in [-0.1, -0.05) is 54.1 Å². The fraction of sp³-hybridized carbons (Fsp3) is 0.263. The average molecular weight is 621 g/mol. The Morgan fingerprint density at radius 1 is 0.800 bits per heavy atom. The highest BCUT2D eigenvalue weighted by molar-refractivity contribution is 6.31. The maximum absolute atomic E-state index is 13.7. The number of hydrogen-bond acceptors (Lipinski definition) is 3. The molecule has 2 aliphatic heterocycles. The van der Waals surface area contributed by atoms with Gasteiger partial charge in [0, 0.05) is 84.6 Å². The number of methoxy groups -OCH3 is 1. The normalized spacial score (nSPS) is 16.3. The van der Waals surface area contributed by atoms with E-state index in [9.17, 15) is 4.39 Å². The summed E-state index contributed by atoms with van der Waals surface area (Å²) in [6.45, 7) is 8.04. The lowest BCUT2D eigenvalue weighted by Gasteiger charge is -2.19. The van der Waals surface area contributed by atoms with E-state index < -0.39 is 0 Å². The SMILES string of the molecule is COc1ccc(F)cc1-c1ccc2cc3n(c2c1)CCNCC3.Cc1c(Cl)cccc1C1CNCCn2c1cc1ccccc12. The number of hydrogen-bond donors (Lipinski definition) is 2. The number of nitrogens with one attached hydrogen (secondary N) is 2. The molecule has 1 unspecified atom stereocenters. The van der Waals surface area contributed by atoms with Crippen molar-refractivity contribution in [3.63, 3.8) is 0 Å². The largest absolute Gasteiger partial charge is 0.496 e. The zero-order chi connectivity index (χ0) is 30.9. The Labute approximate surface area is 268 Å². The molecule has 4 aromatic carbocycles. The van der Waals surface area contributed by atoms with Crippen molar-refractivity contribution in [2.45, 2.75) is 32.4 Å². The van der Waals surface area contributed by atoms with Crippen molar-refractivity contribution < 1.29 is 9.13 Å². The summed E-state index contributed by atoms with van der Waals surface area (Å²) in [6, 6.07) is 30.4. The van der Waals surface area contributed by atoms with Gasteiger partial charge in [-0.2, -0.15) is 0 Å². The topological polar surface area (TPSA) is 43.1 Å². The quantitative estimate of drug-likeness (QED) is 0.211. The van der Waals surface area contributed by atoms with E-state index in [0.717, 1.165) is 61.8 Å². The molecule has 2 aromatic heterocycles. The van der Waals surface area contributed by atoms with Gasteiger partial charge in [0.25, 0.3) is 0 Å². The number of aromatic nitrogens is 2. The third-order valence-corrected chi connectivity index (χ3v) is 9.69. The molecule has 0 spiro atoms. The van der Waals surface area contributed by atoms with Crippen molar-refractivity contribution in [2.75, 3.05) is 33.3 Å². The lowest BCUT2D eigenvalue weighted by Crippen LogP contribution is -2.21. The molecule has 0 fully saturated rings. The number of fused-ring (bicyclic) bond motifs is 6. The molecule has 5 nitrogen and oxygen atoms in total. The van der Waals surface area contributed by atoms with Crippen LogP contribution in [0.4, 0.5) is 4.39 Å². The van der Waals surface area contributed by atoms with Crippen LogP contribution in [0.3, 0.4) is 0 Å². The summed E-state index contributed by atoms with van der Waals surface area (Å²) < 4.78 is 23.9. The summed E-state index contributed by atoms with van der Waals surface area (Å²) in [5.74, 6) is 0.780. The molecule has 7 heteroatoms. The fourth-order valence-corrected chi connectivity index (χ4v) is 7.15. The number of rotatable bonds is 3. The number of halogens is 2. The molecule has 0 saturated heterocycles. The van der Waals surface area contributed by atoms with E-state index in [1.165, 1.54) is 56.5 Å². The first-order valence-electron chi connectivity index (χ1n) is 15.7. The Morgan fingerprint density at radius 2 is 1.62 bits per heavy atom. The Morgan fingerprint density at radius 3 is 2.51 bits per heavy atom. The van der Waals surface area contributed by atoms with Gasteiger partial charge in [-0.3, -0.25) is 0 Å². The second-order valence-electron chi connectivity index (χ2n) is 11.9. The Kier molecular flexibility index (Phi) is 8.37. The predicted octanol–water partition coefficient (Wildman–Crippen LogP) is 7.94. The van der Waals surface area contributed by atoms with Crippen molar-refractivity contribution in [1.29, 1.82) is 0 Å². The molecule has 0 radical (unpaired) electrons. The summed E-state index contributed by atoms with van der Waals surface area (Å²) >= 11 is 6.35. The van der Waals surface area contributed by atoms with Gasteiger partial charge in [0.15, 0.2) is 0 Å². The van der Waals surface area contributed by atoms with Gasteiger partial charge < -0.3 is 24.5 Å². The summed E-state index contributed by atoms with van der Waals surface area (Å²) in [5.41, 5.74) is 9.55. The van der Waals surface area contributed by atoms with Gasteiger partial charge in [0.1, 0.15) is 11.6 Å². The average Bonchev–Trinajstić information content (AvgIpc) is 3.39. The lowest BCUT2D eigenvalue weighted by atomic mass is 9.92. The monoisotopic (exact) mass is 620 g/mol. The third kappa shape index (κ3) is 5.74. The molecule has 0 aliphatic carbocycles. The van der Waals surface area contributed by atoms with Crippen LogP contribution in [0.1, 0.15) is 28.4 Å². The van der Waals surface area contributed by atoms with Crippen molar-refractivity contribution in [1.82, 2.24) is 19.8 Å². The molecule has 1 atom stereocenters. The van der Waals surface area contributed by atoms with E-state index in [0.29, 0.717) is 11.7 Å². The summed E-state index contributed by atoms with van der Waals surface area (Å²) in [6.07, 6.45) is 1.04. The molecule has 2 aliphatic rings. The van der Waals surface area contributed by atoms with Gasteiger partial charge >= 0.3 is 0 Å². The molecule has 6 aromatic rings. The molecule has 230 valence electrons. The fourth-order valence-electron chi connectivity index (χ4n) is 6.97. The second kappa shape index (κ2) is 12.7. The van der Waals surface area contributed by atoms with Crippen molar-refractivity contribution in [3.8, 4) is 16.9 Å². The molecular formula is C38H38ClFN4O. The number of para-hydroxylation sites is 1. The van der Waals surface area contributed by atoms with Gasteiger partial charge in [-0.25, -0.2) is 4.39 Å². The van der Waals surface area contributed by atoms with Gasteiger partial charge in [0.2, 0.25) is 0 Å². The Hall–Kier alpha value is -4.10. The van der Waals surface area contributed by atoms with Crippen LogP contribution < -0.4 is 15.4 Å². The number of benzene rings is 4. The molecular weight excluding hydrogens is 583 g/mol. The van der Waals surface area contributed by atoms with Crippen molar-refractivity contribution in [2.24, 2.45) is 0 Å². The molecule has 45 heavy (non-hydrogen) atoms. The molecule has 8 rings (SSSR count). The van der Waals surface area contributed by atoms with Crippen LogP contribution in [-0.4, -0.2) is 42.4 Å². The van der Waals surface area contributed by atoms with Gasteiger partial charge in [0.05, 0.1) is 7.11 Å². The minimum Gasteiger partial charge on any atom is -0.496 e. The third-order valence-electron chi connectivity index (χ3n) is 9.28. The molecule has 0 amide bonds. The molecule has 0 saturated carbocycles. The van der Waals surface area contributed by atoms with E-state index in [2.05, 4.69) is 87.4 Å². The standard InChI is InChI=1S/C19H19ClN2.C19H19FN2O/c1-13-15(6-4-7-17(13)20)16-12-21-9-10-22-18-8-3-2-5-14(18)11-19(16)22;1-23-19-5-4-15(20)12-17(19)13-2-3-14-10-16-6-7-21-8-9-22(16)18(14)11-13/h2-8,11,16,21H,9-10,12H2,1H3;2-5,10-12,21H,6-9H2,1H3. The van der Waals surface area contributed by atoms with Crippen LogP contribution in [0.25, 0.3) is 32.9 Å². The molecule has 0 bridgehead atoms. The highest BCUT2D eigenvalue weighted by Gasteiger charge is 2.24. The minimum atomic E-state index is -0.251. The highest BCUT2D eigenvalue weighted by Crippen LogP contribution is 2.35. The van der Waals surface area contributed by atoms with E-state index in [4.69, 9.17) is 16.3 Å². The van der Waals surface area contributed by atoms with Crippen molar-refractivity contribution >= 4 is 33.4 Å². The predicted molar refractivity (Wildman–Crippen MR) is 183 cm³/mol. The zero-order valence-electron chi connectivity index (χ0n) is 25.7. The second-order valence-corrected chi connectivity index (χ2v) is 12.3. The first kappa shape index (κ1) is 29.6. The maximum Gasteiger partial charge on any atom is 0.126 e. The summed E-state index contributed by atoms with van der Waals surface area (Å²) in [5, 5.41) is 10.4. The van der Waals surface area contributed by atoms with Crippen LogP contribution in [-0.2, 0) is 19.5 Å². The Bertz CT molecular complexity index is 1990. The first-order valence-corrected chi connectivity index (χ1v) is 16.1. The van der Waals surface area contributed by atoms with E-state index in [-0.39, 0.29) is 5.82 Å². The van der Waals surface area contributed by atoms with Gasteiger partial charge in [-0.15, -0.1) is 0 Å². The van der Waals surface area contributed by atoms with Crippen LogP contribution >= 0.6 is 11.6 Å². The van der Waals surface area contributed by atoms with Gasteiger partial charge in [-0.05, 0) is 82.9 Å². The number of nitrogens with zero attached hydrogens (tertiary/aromatic N) is 2. The minimum absolute atomic E-state index is 0.251. The van der Waals surface area contributed by atoms with Crippen LogP contribution in [0, 0.1) is 12.7 Å². The van der Waals surface area contributed by atoms with Crippen LogP contribution in [0.15, 0.2) is 91.0 Å². The maximum atomic E-state index is 13.7. The number of ether oxygens (including phenoxy) is 1. The summed E-state index contributed by atoms with van der Waals surface area (Å²) in [7, 11) is 1.62.